The topological polar surface area (TPSA) is 15.3 Å². The Balaban J connectivity index is 2.62. The first kappa shape index (κ1) is 10.1. The van der Waals surface area contributed by atoms with Crippen LogP contribution in [0.25, 0.3) is 0 Å². The largest absolute Gasteiger partial charge is 0.369 e. The van der Waals surface area contributed by atoms with Gasteiger partial charge in [-0.2, -0.15) is 0 Å². The van der Waals surface area contributed by atoms with Crippen molar-refractivity contribution < 1.29 is 0 Å². The number of nitrogens with zero attached hydrogens (tertiary/aromatic N) is 1. The summed E-state index contributed by atoms with van der Waals surface area (Å²) < 4.78 is 0. The molecule has 72 valence electrons. The maximum atomic E-state index is 3.80. The molecule has 0 aromatic carbocycles. The summed E-state index contributed by atoms with van der Waals surface area (Å²) in [5.74, 6) is 0. The average molecular weight is 178 g/mol. The molecular weight excluding hydrogens is 160 g/mol. The van der Waals surface area contributed by atoms with E-state index in [0.717, 1.165) is 19.6 Å². The van der Waals surface area contributed by atoms with E-state index in [9.17, 15) is 0 Å². The summed E-state index contributed by atoms with van der Waals surface area (Å²) in [4.78, 5) is 2.33. The van der Waals surface area contributed by atoms with Crippen LogP contribution >= 0.6 is 0 Å². The third-order valence-corrected chi connectivity index (χ3v) is 2.23. The predicted molar refractivity (Wildman–Crippen MR) is 57.5 cm³/mol. The van der Waals surface area contributed by atoms with Crippen molar-refractivity contribution in [3.8, 4) is 0 Å². The van der Waals surface area contributed by atoms with E-state index < -0.39 is 0 Å². The number of hydrogen-bond donors (Lipinski definition) is 1. The Labute approximate surface area is 80.6 Å². The van der Waals surface area contributed by atoms with Crippen LogP contribution in [0.5, 0.6) is 0 Å². The monoisotopic (exact) mass is 178 g/mol. The van der Waals surface area contributed by atoms with Gasteiger partial charge in [-0.1, -0.05) is 19.2 Å². The van der Waals surface area contributed by atoms with Gasteiger partial charge in [0.15, 0.2) is 0 Å². The molecule has 2 nitrogen and oxygen atoms in total. The first-order chi connectivity index (χ1) is 6.27. The van der Waals surface area contributed by atoms with Crippen molar-refractivity contribution in [2.24, 2.45) is 0 Å². The van der Waals surface area contributed by atoms with E-state index in [2.05, 4.69) is 30.3 Å². The summed E-state index contributed by atoms with van der Waals surface area (Å²) in [5, 5.41) is 3.40. The molecule has 1 fully saturated rings. The van der Waals surface area contributed by atoms with Crippen molar-refractivity contribution in [2.75, 3.05) is 19.6 Å². The van der Waals surface area contributed by atoms with Gasteiger partial charge in [-0.05, 0) is 19.1 Å². The van der Waals surface area contributed by atoms with Crippen LogP contribution in [0.2, 0.25) is 0 Å². The molecule has 0 aliphatic carbocycles. The minimum atomic E-state index is 0.557. The average Bonchev–Trinajstić information content (AvgIpc) is 2.14. The Bertz CT molecular complexity index is 218. The first-order valence-corrected chi connectivity index (χ1v) is 4.71. The highest BCUT2D eigenvalue weighted by molar-refractivity contribution is 5.20. The van der Waals surface area contributed by atoms with Gasteiger partial charge in [-0.15, -0.1) is 0 Å². The minimum Gasteiger partial charge on any atom is -0.369 e. The van der Waals surface area contributed by atoms with Crippen molar-refractivity contribution >= 4 is 0 Å². The third-order valence-electron chi connectivity index (χ3n) is 2.23. The van der Waals surface area contributed by atoms with Crippen LogP contribution < -0.4 is 5.32 Å². The second-order valence-electron chi connectivity index (χ2n) is 3.33. The molecule has 1 atom stereocenters. The second-order valence-corrected chi connectivity index (χ2v) is 3.33. The molecule has 1 unspecified atom stereocenters. The molecular formula is C11H18N2. The van der Waals surface area contributed by atoms with E-state index in [0.29, 0.717) is 6.04 Å². The second kappa shape index (κ2) is 4.87. The molecule has 0 radical (unpaired) electrons. The summed E-state index contributed by atoms with van der Waals surface area (Å²) in [6, 6.07) is 0.557. The molecule has 0 aromatic rings. The van der Waals surface area contributed by atoms with E-state index in [1.54, 1.807) is 0 Å². The quantitative estimate of drug-likeness (QED) is 0.659. The molecule has 0 aromatic heterocycles. The lowest BCUT2D eigenvalue weighted by molar-refractivity contribution is 0.262. The molecule has 1 aliphatic heterocycles. The van der Waals surface area contributed by atoms with Gasteiger partial charge in [0, 0.05) is 31.4 Å². The summed E-state index contributed by atoms with van der Waals surface area (Å²) in [5.41, 5.74) is 1.17. The Kier molecular flexibility index (Phi) is 3.77. The van der Waals surface area contributed by atoms with E-state index in [1.165, 1.54) is 5.70 Å². The third kappa shape index (κ3) is 2.74. The van der Waals surface area contributed by atoms with Crippen LogP contribution in [0, 0.1) is 0 Å². The smallest absolute Gasteiger partial charge is 0.0361 e. The molecule has 0 spiro atoms. The molecule has 1 N–H and O–H groups in total. The summed E-state index contributed by atoms with van der Waals surface area (Å²) in [6.45, 7) is 12.8. The van der Waals surface area contributed by atoms with E-state index >= 15 is 0 Å². The summed E-state index contributed by atoms with van der Waals surface area (Å²) >= 11 is 0. The Hall–Kier alpha value is -1.02. The van der Waals surface area contributed by atoms with Crippen LogP contribution in [0.3, 0.4) is 0 Å². The van der Waals surface area contributed by atoms with Crippen LogP contribution in [-0.2, 0) is 0 Å². The molecule has 0 saturated carbocycles. The number of rotatable bonds is 3. The maximum Gasteiger partial charge on any atom is 0.0361 e. The van der Waals surface area contributed by atoms with Crippen molar-refractivity contribution in [1.82, 2.24) is 10.2 Å². The van der Waals surface area contributed by atoms with E-state index in [1.807, 2.05) is 18.2 Å². The molecule has 1 aliphatic rings. The molecule has 13 heavy (non-hydrogen) atoms. The highest BCUT2D eigenvalue weighted by Crippen LogP contribution is 2.09. The van der Waals surface area contributed by atoms with Gasteiger partial charge in [0.05, 0.1) is 0 Å². The minimum absolute atomic E-state index is 0.557. The van der Waals surface area contributed by atoms with E-state index in [4.69, 9.17) is 0 Å². The zero-order valence-electron chi connectivity index (χ0n) is 8.29. The zero-order chi connectivity index (χ0) is 9.68. The van der Waals surface area contributed by atoms with Crippen molar-refractivity contribution in [1.29, 1.82) is 0 Å². The maximum absolute atomic E-state index is 3.80. The van der Waals surface area contributed by atoms with Gasteiger partial charge in [-0.3, -0.25) is 0 Å². The molecule has 1 saturated heterocycles. The van der Waals surface area contributed by atoms with Crippen molar-refractivity contribution in [2.45, 2.75) is 13.0 Å². The number of piperazine rings is 1. The van der Waals surface area contributed by atoms with E-state index in [-0.39, 0.29) is 0 Å². The molecule has 1 heterocycles. The normalized spacial score (nSPS) is 24.2. The lowest BCUT2D eigenvalue weighted by Crippen LogP contribution is -2.48. The van der Waals surface area contributed by atoms with Gasteiger partial charge >= 0.3 is 0 Å². The van der Waals surface area contributed by atoms with Gasteiger partial charge in [-0.25, -0.2) is 0 Å². The SMILES string of the molecule is C=C/C=C(\C=C)N1CCNC(C)C1. The van der Waals surface area contributed by atoms with Gasteiger partial charge in [0.2, 0.25) is 0 Å². The summed E-state index contributed by atoms with van der Waals surface area (Å²) in [6.07, 6.45) is 5.70. The molecule has 0 amide bonds. The van der Waals surface area contributed by atoms with Gasteiger partial charge in [0.1, 0.15) is 0 Å². The van der Waals surface area contributed by atoms with Crippen LogP contribution in [-0.4, -0.2) is 30.6 Å². The van der Waals surface area contributed by atoms with Crippen molar-refractivity contribution in [3.63, 3.8) is 0 Å². The number of nitrogens with one attached hydrogen (secondary N) is 1. The standard InChI is InChI=1S/C11H18N2/c1-4-6-11(5-2)13-8-7-12-10(3)9-13/h4-6,10,12H,1-2,7-9H2,3H3/b11-6+. The fraction of sp³-hybridized carbons (Fsp3) is 0.455. The lowest BCUT2D eigenvalue weighted by Gasteiger charge is -2.34. The Morgan fingerprint density at radius 2 is 2.31 bits per heavy atom. The molecule has 2 heteroatoms. The highest BCUT2D eigenvalue weighted by Gasteiger charge is 2.15. The summed E-state index contributed by atoms with van der Waals surface area (Å²) in [7, 11) is 0. The van der Waals surface area contributed by atoms with Crippen LogP contribution in [0.15, 0.2) is 37.1 Å². The zero-order valence-corrected chi connectivity index (χ0v) is 8.29. The predicted octanol–water partition coefficient (Wildman–Crippen LogP) is 1.54. The van der Waals surface area contributed by atoms with Gasteiger partial charge < -0.3 is 10.2 Å². The fourth-order valence-electron chi connectivity index (χ4n) is 1.59. The van der Waals surface area contributed by atoms with Gasteiger partial charge in [0.25, 0.3) is 0 Å². The Morgan fingerprint density at radius 3 is 2.85 bits per heavy atom. The van der Waals surface area contributed by atoms with Crippen molar-refractivity contribution in [3.05, 3.63) is 37.1 Å². The fourth-order valence-corrected chi connectivity index (χ4v) is 1.59. The highest BCUT2D eigenvalue weighted by atomic mass is 15.2. The van der Waals surface area contributed by atoms with Crippen LogP contribution in [0.4, 0.5) is 0 Å². The first-order valence-electron chi connectivity index (χ1n) is 4.71. The van der Waals surface area contributed by atoms with Crippen LogP contribution in [0.1, 0.15) is 6.92 Å². The lowest BCUT2D eigenvalue weighted by atomic mass is 10.2. The molecule has 0 bridgehead atoms. The Morgan fingerprint density at radius 1 is 1.54 bits per heavy atom. The molecule has 1 rings (SSSR count). The number of allylic oxidation sites excluding steroid dienone is 3. The number of hydrogen-bond acceptors (Lipinski definition) is 2.